The number of anilines is 1. The minimum Gasteiger partial charge on any atom is -0.399 e. The van der Waals surface area contributed by atoms with E-state index in [1.807, 2.05) is 32.6 Å². The van der Waals surface area contributed by atoms with Crippen molar-refractivity contribution in [2.75, 3.05) is 25.0 Å². The lowest BCUT2D eigenvalue weighted by atomic mass is 9.81. The van der Waals surface area contributed by atoms with E-state index in [9.17, 15) is 4.79 Å². The summed E-state index contributed by atoms with van der Waals surface area (Å²) in [6.45, 7) is 12.2. The van der Waals surface area contributed by atoms with Crippen molar-refractivity contribution in [3.8, 4) is 0 Å². The fourth-order valence-corrected chi connectivity index (χ4v) is 3.22. The Morgan fingerprint density at radius 3 is 2.23 bits per heavy atom. The molecule has 2 fully saturated rings. The van der Waals surface area contributed by atoms with Crippen LogP contribution in [-0.4, -0.2) is 58.7 Å². The van der Waals surface area contributed by atoms with E-state index in [2.05, 4.69) is 15.3 Å². The Morgan fingerprint density at radius 2 is 1.73 bits per heavy atom. The number of hydrogen-bond donors (Lipinski definition) is 1. The molecule has 1 N–H and O–H groups in total. The number of carbonyl (C=O) groups is 1. The summed E-state index contributed by atoms with van der Waals surface area (Å²) < 4.78 is 12.0. The summed E-state index contributed by atoms with van der Waals surface area (Å²) in [6, 6.07) is 0. The number of carbonyl (C=O) groups excluding carboxylic acids is 1. The molecule has 8 heteroatoms. The zero-order valence-electron chi connectivity index (χ0n) is 16.4. The summed E-state index contributed by atoms with van der Waals surface area (Å²) in [5, 5.41) is 3.30. The highest BCUT2D eigenvalue weighted by molar-refractivity contribution is 6.61. The van der Waals surface area contributed by atoms with E-state index in [4.69, 9.17) is 9.31 Å². The molecule has 2 aliphatic heterocycles. The van der Waals surface area contributed by atoms with E-state index in [1.165, 1.54) is 0 Å². The first-order chi connectivity index (χ1) is 12.2. The number of piperidine rings is 1. The molecule has 1 aromatic heterocycles. The second kappa shape index (κ2) is 7.16. The summed E-state index contributed by atoms with van der Waals surface area (Å²) in [6.07, 6.45) is 5.54. The third-order valence-corrected chi connectivity index (χ3v) is 5.81. The van der Waals surface area contributed by atoms with Crippen LogP contribution in [0.15, 0.2) is 12.4 Å². The summed E-state index contributed by atoms with van der Waals surface area (Å²) in [5.74, 6) is 1.31. The first kappa shape index (κ1) is 19.1. The topological polar surface area (TPSA) is 76.6 Å². The molecule has 142 valence electrons. The SMILES string of the molecule is CC(=O)N1CCC(CNc2ncc(B3OC(C)(C)C(C)(C)O3)cn2)CC1. The van der Waals surface area contributed by atoms with Gasteiger partial charge in [-0.05, 0) is 46.5 Å². The summed E-state index contributed by atoms with van der Waals surface area (Å²) in [4.78, 5) is 22.1. The number of nitrogens with one attached hydrogen (secondary N) is 1. The molecule has 0 saturated carbocycles. The van der Waals surface area contributed by atoms with Crippen LogP contribution in [0, 0.1) is 5.92 Å². The van der Waals surface area contributed by atoms with Crippen molar-refractivity contribution in [2.45, 2.75) is 58.7 Å². The first-order valence-corrected chi connectivity index (χ1v) is 9.35. The number of hydrogen-bond acceptors (Lipinski definition) is 6. The van der Waals surface area contributed by atoms with Crippen molar-refractivity contribution in [1.82, 2.24) is 14.9 Å². The van der Waals surface area contributed by atoms with Gasteiger partial charge in [-0.25, -0.2) is 9.97 Å². The van der Waals surface area contributed by atoms with E-state index in [-0.39, 0.29) is 17.1 Å². The Bertz CT molecular complexity index is 626. The molecule has 0 aliphatic carbocycles. The van der Waals surface area contributed by atoms with Crippen LogP contribution in [0.5, 0.6) is 0 Å². The molecular weight excluding hydrogens is 331 g/mol. The highest BCUT2D eigenvalue weighted by atomic mass is 16.7. The fraction of sp³-hybridized carbons (Fsp3) is 0.722. The second-order valence-corrected chi connectivity index (χ2v) is 8.26. The van der Waals surface area contributed by atoms with Crippen LogP contribution < -0.4 is 10.8 Å². The maximum absolute atomic E-state index is 11.4. The van der Waals surface area contributed by atoms with E-state index in [1.54, 1.807) is 19.3 Å². The molecule has 0 radical (unpaired) electrons. The smallest absolute Gasteiger partial charge is 0.399 e. The molecule has 0 unspecified atom stereocenters. The Hall–Kier alpha value is -1.67. The molecule has 7 nitrogen and oxygen atoms in total. The van der Waals surface area contributed by atoms with Gasteiger partial charge in [-0.3, -0.25) is 4.79 Å². The molecule has 0 aromatic carbocycles. The maximum Gasteiger partial charge on any atom is 0.498 e. The lowest BCUT2D eigenvalue weighted by molar-refractivity contribution is -0.130. The van der Waals surface area contributed by atoms with Crippen LogP contribution in [0.2, 0.25) is 0 Å². The molecular formula is C18H29BN4O3. The lowest BCUT2D eigenvalue weighted by Crippen LogP contribution is -2.41. The quantitative estimate of drug-likeness (QED) is 0.819. The largest absolute Gasteiger partial charge is 0.498 e. The minimum absolute atomic E-state index is 0.165. The zero-order chi connectivity index (χ0) is 18.9. The first-order valence-electron chi connectivity index (χ1n) is 9.35. The molecule has 1 amide bonds. The van der Waals surface area contributed by atoms with Crippen molar-refractivity contribution in [1.29, 1.82) is 0 Å². The van der Waals surface area contributed by atoms with Gasteiger partial charge >= 0.3 is 7.12 Å². The van der Waals surface area contributed by atoms with Gasteiger partial charge in [0.25, 0.3) is 0 Å². The Labute approximate surface area is 156 Å². The highest BCUT2D eigenvalue weighted by Gasteiger charge is 2.51. The molecule has 0 atom stereocenters. The molecule has 26 heavy (non-hydrogen) atoms. The van der Waals surface area contributed by atoms with Crippen molar-refractivity contribution in [3.63, 3.8) is 0 Å². The normalized spacial score (nSPS) is 22.5. The van der Waals surface area contributed by atoms with Crippen molar-refractivity contribution >= 4 is 24.4 Å². The molecule has 2 aliphatic rings. The van der Waals surface area contributed by atoms with Crippen LogP contribution in [0.1, 0.15) is 47.5 Å². The molecule has 1 aromatic rings. The van der Waals surface area contributed by atoms with Crippen molar-refractivity contribution < 1.29 is 14.1 Å². The number of nitrogens with zero attached hydrogens (tertiary/aromatic N) is 3. The number of amides is 1. The van der Waals surface area contributed by atoms with Crippen molar-refractivity contribution in [2.24, 2.45) is 5.92 Å². The van der Waals surface area contributed by atoms with Crippen LogP contribution in [0.3, 0.4) is 0 Å². The number of rotatable bonds is 4. The second-order valence-electron chi connectivity index (χ2n) is 8.26. The van der Waals surface area contributed by atoms with E-state index in [0.29, 0.717) is 11.9 Å². The maximum atomic E-state index is 11.4. The van der Waals surface area contributed by atoms with Gasteiger partial charge in [-0.1, -0.05) is 0 Å². The van der Waals surface area contributed by atoms with Crippen LogP contribution in [-0.2, 0) is 14.1 Å². The predicted molar refractivity (Wildman–Crippen MR) is 101 cm³/mol. The van der Waals surface area contributed by atoms with Crippen molar-refractivity contribution in [3.05, 3.63) is 12.4 Å². The Morgan fingerprint density at radius 1 is 1.19 bits per heavy atom. The van der Waals surface area contributed by atoms with Gasteiger partial charge in [0.2, 0.25) is 11.9 Å². The summed E-state index contributed by atoms with van der Waals surface area (Å²) >= 11 is 0. The third kappa shape index (κ3) is 4.01. The van der Waals surface area contributed by atoms with Crippen LogP contribution in [0.25, 0.3) is 0 Å². The van der Waals surface area contributed by atoms with Crippen LogP contribution >= 0.6 is 0 Å². The van der Waals surface area contributed by atoms with Gasteiger partial charge in [-0.2, -0.15) is 0 Å². The standard InChI is InChI=1S/C18H29BN4O3/c1-13(24)23-8-6-14(7-9-23)10-20-16-21-11-15(12-22-16)19-25-17(2,3)18(4,5)26-19/h11-12,14H,6-10H2,1-5H3,(H,20,21,22). The predicted octanol–water partition coefficient (Wildman–Crippen LogP) is 1.45. The van der Waals surface area contributed by atoms with E-state index >= 15 is 0 Å². The highest BCUT2D eigenvalue weighted by Crippen LogP contribution is 2.36. The summed E-state index contributed by atoms with van der Waals surface area (Å²) in [7, 11) is -0.440. The van der Waals surface area contributed by atoms with E-state index in [0.717, 1.165) is 37.9 Å². The minimum atomic E-state index is -0.440. The molecule has 2 saturated heterocycles. The summed E-state index contributed by atoms with van der Waals surface area (Å²) in [5.41, 5.74) is 0.0797. The van der Waals surface area contributed by atoms with E-state index < -0.39 is 7.12 Å². The third-order valence-electron chi connectivity index (χ3n) is 5.81. The van der Waals surface area contributed by atoms with Gasteiger partial charge in [-0.15, -0.1) is 0 Å². The molecule has 0 bridgehead atoms. The van der Waals surface area contributed by atoms with Crippen LogP contribution in [0.4, 0.5) is 5.95 Å². The molecule has 0 spiro atoms. The van der Waals surface area contributed by atoms with Gasteiger partial charge in [0.15, 0.2) is 0 Å². The van der Waals surface area contributed by atoms with Gasteiger partial charge in [0.1, 0.15) is 0 Å². The monoisotopic (exact) mass is 360 g/mol. The molecule has 3 heterocycles. The number of likely N-dealkylation sites (tertiary alicyclic amines) is 1. The van der Waals surface area contributed by atoms with Gasteiger partial charge in [0, 0.05) is 44.4 Å². The average Bonchev–Trinajstić information content (AvgIpc) is 2.81. The average molecular weight is 360 g/mol. The lowest BCUT2D eigenvalue weighted by Gasteiger charge is -2.32. The zero-order valence-corrected chi connectivity index (χ0v) is 16.4. The van der Waals surface area contributed by atoms with Gasteiger partial charge in [0.05, 0.1) is 11.2 Å². The Balaban J connectivity index is 1.51. The molecule has 3 rings (SSSR count). The fourth-order valence-electron chi connectivity index (χ4n) is 3.22. The number of aromatic nitrogens is 2. The van der Waals surface area contributed by atoms with Gasteiger partial charge < -0.3 is 19.5 Å². The Kier molecular flexibility index (Phi) is 5.26.